The topological polar surface area (TPSA) is 40.5 Å². The molecule has 0 saturated carbocycles. The molecule has 0 amide bonds. The lowest BCUT2D eigenvalue weighted by Gasteiger charge is -2.16. The summed E-state index contributed by atoms with van der Waals surface area (Å²) >= 11 is 0. The van der Waals surface area contributed by atoms with Gasteiger partial charge in [0.15, 0.2) is 11.5 Å². The number of hydrogen-bond acceptors (Lipinski definition) is 2. The largest absolute Gasteiger partial charge is 0.504 e. The van der Waals surface area contributed by atoms with Gasteiger partial charge in [-0.3, -0.25) is 0 Å². The van der Waals surface area contributed by atoms with Crippen LogP contribution in [-0.4, -0.2) is 10.2 Å². The fourth-order valence-electron chi connectivity index (χ4n) is 4.33. The van der Waals surface area contributed by atoms with E-state index in [1.807, 2.05) is 13.0 Å². The second-order valence-electron chi connectivity index (χ2n) is 10.3. The molecule has 1 aromatic carbocycles. The summed E-state index contributed by atoms with van der Waals surface area (Å²) in [7, 11) is 0. The predicted octanol–water partition coefficient (Wildman–Crippen LogP) is 8.41. The molecule has 0 radical (unpaired) electrons. The molecule has 1 aromatic rings. The third-order valence-electron chi connectivity index (χ3n) is 6.53. The monoisotopic (exact) mass is 404 g/mol. The SMILES string of the molecule is Cc1cc(CCC(C)CCCC(C)CCCC(C)CCCC(C)C)cc(O)c1O. The van der Waals surface area contributed by atoms with E-state index in [0.29, 0.717) is 5.92 Å². The molecule has 29 heavy (non-hydrogen) atoms. The standard InChI is InChI=1S/C27H48O2/c1-20(2)10-7-11-21(3)12-8-13-22(4)14-9-15-23(5)16-17-25-18-24(6)27(29)26(28)19-25/h18-23,28-29H,7-17H2,1-6H3. The molecule has 3 unspecified atom stereocenters. The number of rotatable bonds is 15. The molecule has 0 aliphatic heterocycles. The van der Waals surface area contributed by atoms with Gasteiger partial charge in [-0.25, -0.2) is 0 Å². The Hall–Kier alpha value is -1.18. The molecule has 0 spiro atoms. The van der Waals surface area contributed by atoms with Crippen LogP contribution in [0, 0.1) is 30.6 Å². The van der Waals surface area contributed by atoms with Crippen molar-refractivity contribution in [2.45, 2.75) is 112 Å². The number of aryl methyl sites for hydroxylation is 2. The lowest BCUT2D eigenvalue weighted by atomic mass is 9.90. The van der Waals surface area contributed by atoms with Crippen molar-refractivity contribution in [2.24, 2.45) is 23.7 Å². The Labute approximate surface area is 181 Å². The average Bonchev–Trinajstić information content (AvgIpc) is 2.64. The van der Waals surface area contributed by atoms with Crippen LogP contribution in [0.15, 0.2) is 12.1 Å². The van der Waals surface area contributed by atoms with Crippen molar-refractivity contribution in [1.29, 1.82) is 0 Å². The zero-order valence-corrected chi connectivity index (χ0v) is 20.1. The summed E-state index contributed by atoms with van der Waals surface area (Å²) in [5, 5.41) is 19.4. The summed E-state index contributed by atoms with van der Waals surface area (Å²) in [5.41, 5.74) is 1.89. The summed E-state index contributed by atoms with van der Waals surface area (Å²) in [6, 6.07) is 3.70. The number of aromatic hydroxyl groups is 2. The van der Waals surface area contributed by atoms with Gasteiger partial charge < -0.3 is 10.2 Å². The molecule has 168 valence electrons. The second kappa shape index (κ2) is 13.9. The lowest BCUT2D eigenvalue weighted by Crippen LogP contribution is -2.02. The van der Waals surface area contributed by atoms with E-state index in [1.165, 1.54) is 57.8 Å². The van der Waals surface area contributed by atoms with Crippen molar-refractivity contribution in [3.8, 4) is 11.5 Å². The highest BCUT2D eigenvalue weighted by atomic mass is 16.3. The minimum Gasteiger partial charge on any atom is -0.504 e. The van der Waals surface area contributed by atoms with Crippen molar-refractivity contribution in [1.82, 2.24) is 0 Å². The van der Waals surface area contributed by atoms with E-state index >= 15 is 0 Å². The molecule has 2 heteroatoms. The molecule has 0 saturated heterocycles. The zero-order chi connectivity index (χ0) is 21.8. The number of phenols is 2. The van der Waals surface area contributed by atoms with Gasteiger partial charge in [-0.1, -0.05) is 98.5 Å². The maximum Gasteiger partial charge on any atom is 0.160 e. The highest BCUT2D eigenvalue weighted by molar-refractivity contribution is 5.46. The minimum absolute atomic E-state index is 0.00992. The molecule has 0 aliphatic carbocycles. The quantitative estimate of drug-likeness (QED) is 0.288. The van der Waals surface area contributed by atoms with Crippen LogP contribution in [0.3, 0.4) is 0 Å². The summed E-state index contributed by atoms with van der Waals surface area (Å²) < 4.78 is 0. The number of phenolic OH excluding ortho intramolecular Hbond substituents is 2. The summed E-state index contributed by atoms with van der Waals surface area (Å²) in [6.07, 6.45) is 14.4. The van der Waals surface area contributed by atoms with Gasteiger partial charge in [0, 0.05) is 0 Å². The van der Waals surface area contributed by atoms with E-state index in [0.717, 1.165) is 41.7 Å². The van der Waals surface area contributed by atoms with Crippen LogP contribution in [0.2, 0.25) is 0 Å². The lowest BCUT2D eigenvalue weighted by molar-refractivity contribution is 0.374. The molecule has 0 aliphatic rings. The van der Waals surface area contributed by atoms with E-state index in [1.54, 1.807) is 6.07 Å². The van der Waals surface area contributed by atoms with Crippen LogP contribution < -0.4 is 0 Å². The van der Waals surface area contributed by atoms with Gasteiger partial charge in [0.1, 0.15) is 0 Å². The van der Waals surface area contributed by atoms with Gasteiger partial charge >= 0.3 is 0 Å². The molecule has 0 aromatic heterocycles. The summed E-state index contributed by atoms with van der Waals surface area (Å²) in [5.74, 6) is 3.32. The number of benzene rings is 1. The van der Waals surface area contributed by atoms with Crippen LogP contribution in [0.25, 0.3) is 0 Å². The maximum absolute atomic E-state index is 9.77. The predicted molar refractivity (Wildman–Crippen MR) is 127 cm³/mol. The molecule has 0 fully saturated rings. The summed E-state index contributed by atoms with van der Waals surface area (Å²) in [6.45, 7) is 13.7. The van der Waals surface area contributed by atoms with E-state index < -0.39 is 0 Å². The highest BCUT2D eigenvalue weighted by Gasteiger charge is 2.10. The Morgan fingerprint density at radius 3 is 1.55 bits per heavy atom. The van der Waals surface area contributed by atoms with Crippen molar-refractivity contribution in [3.63, 3.8) is 0 Å². The van der Waals surface area contributed by atoms with Crippen LogP contribution in [-0.2, 0) is 6.42 Å². The van der Waals surface area contributed by atoms with Crippen molar-refractivity contribution in [2.75, 3.05) is 0 Å². The Balaban J connectivity index is 2.12. The first kappa shape index (κ1) is 25.9. The minimum atomic E-state index is 0.00992. The third kappa shape index (κ3) is 11.6. The van der Waals surface area contributed by atoms with Crippen molar-refractivity contribution < 1.29 is 10.2 Å². The van der Waals surface area contributed by atoms with Gasteiger partial charge in [-0.05, 0) is 60.6 Å². The van der Waals surface area contributed by atoms with E-state index in [-0.39, 0.29) is 11.5 Å². The number of hydrogen-bond donors (Lipinski definition) is 2. The van der Waals surface area contributed by atoms with E-state index in [9.17, 15) is 10.2 Å². The smallest absolute Gasteiger partial charge is 0.160 e. The fourth-order valence-corrected chi connectivity index (χ4v) is 4.33. The van der Waals surface area contributed by atoms with Crippen molar-refractivity contribution >= 4 is 0 Å². The molecule has 3 atom stereocenters. The van der Waals surface area contributed by atoms with Crippen LogP contribution >= 0.6 is 0 Å². The maximum atomic E-state index is 9.77. The summed E-state index contributed by atoms with van der Waals surface area (Å²) in [4.78, 5) is 0. The Kier molecular flexibility index (Phi) is 12.4. The Bertz CT molecular complexity index is 541. The van der Waals surface area contributed by atoms with Crippen molar-refractivity contribution in [3.05, 3.63) is 23.3 Å². The van der Waals surface area contributed by atoms with Gasteiger partial charge in [0.05, 0.1) is 0 Å². The third-order valence-corrected chi connectivity index (χ3v) is 6.53. The van der Waals surface area contributed by atoms with Crippen LogP contribution in [0.1, 0.15) is 110 Å². The molecule has 1 rings (SSSR count). The van der Waals surface area contributed by atoms with Gasteiger partial charge in [-0.15, -0.1) is 0 Å². The van der Waals surface area contributed by atoms with Gasteiger partial charge in [0.2, 0.25) is 0 Å². The van der Waals surface area contributed by atoms with Crippen LogP contribution in [0.4, 0.5) is 0 Å². The zero-order valence-electron chi connectivity index (χ0n) is 20.1. The first-order chi connectivity index (χ1) is 13.7. The van der Waals surface area contributed by atoms with E-state index in [4.69, 9.17) is 0 Å². The van der Waals surface area contributed by atoms with Gasteiger partial charge in [0.25, 0.3) is 0 Å². The molecule has 0 bridgehead atoms. The molecular formula is C27H48O2. The Morgan fingerprint density at radius 1 is 0.655 bits per heavy atom. The van der Waals surface area contributed by atoms with Gasteiger partial charge in [-0.2, -0.15) is 0 Å². The fraction of sp³-hybridized carbons (Fsp3) is 0.778. The normalized spacial score (nSPS) is 14.9. The Morgan fingerprint density at radius 2 is 1.10 bits per heavy atom. The molecule has 2 nitrogen and oxygen atoms in total. The molecular weight excluding hydrogens is 356 g/mol. The first-order valence-corrected chi connectivity index (χ1v) is 12.2. The molecule has 2 N–H and O–H groups in total. The highest BCUT2D eigenvalue weighted by Crippen LogP contribution is 2.31. The second-order valence-corrected chi connectivity index (χ2v) is 10.3. The van der Waals surface area contributed by atoms with E-state index in [2.05, 4.69) is 34.6 Å². The first-order valence-electron chi connectivity index (χ1n) is 12.2. The van der Waals surface area contributed by atoms with Crippen LogP contribution in [0.5, 0.6) is 11.5 Å². The molecule has 0 heterocycles. The average molecular weight is 405 g/mol.